The van der Waals surface area contributed by atoms with E-state index in [2.05, 4.69) is 40.0 Å². The molecule has 0 saturated heterocycles. The molecule has 0 spiro atoms. The summed E-state index contributed by atoms with van der Waals surface area (Å²) >= 11 is 0. The van der Waals surface area contributed by atoms with Gasteiger partial charge in [0.15, 0.2) is 0 Å². The van der Waals surface area contributed by atoms with Crippen LogP contribution in [0.1, 0.15) is 59.9 Å². The Morgan fingerprint density at radius 1 is 1.03 bits per heavy atom. The van der Waals surface area contributed by atoms with Gasteiger partial charge in [-0.3, -0.25) is 9.59 Å². The molecule has 0 unspecified atom stereocenters. The number of nitrogens with one attached hydrogen (secondary N) is 1. The zero-order valence-electron chi connectivity index (χ0n) is 19.1. The Morgan fingerprint density at radius 3 is 2.64 bits per heavy atom. The Hall–Kier alpha value is -3.28. The normalized spacial score (nSPS) is 20.4. The minimum Gasteiger partial charge on any atom is -0.352 e. The van der Waals surface area contributed by atoms with Crippen molar-refractivity contribution in [3.8, 4) is 0 Å². The van der Waals surface area contributed by atoms with Crippen molar-refractivity contribution in [2.24, 2.45) is 0 Å². The number of carbonyl (C=O) groups excluding carboxylic acids is 2. The summed E-state index contributed by atoms with van der Waals surface area (Å²) in [5.74, 6) is 0.135. The Kier molecular flexibility index (Phi) is 4.89. The van der Waals surface area contributed by atoms with Gasteiger partial charge in [-0.25, -0.2) is 0 Å². The van der Waals surface area contributed by atoms with Crippen molar-refractivity contribution >= 4 is 28.4 Å². The third-order valence-electron chi connectivity index (χ3n) is 7.68. The first-order valence-electron chi connectivity index (χ1n) is 12.2. The molecule has 6 heteroatoms. The number of amides is 2. The molecule has 1 fully saturated rings. The SMILES string of the molecule is CN1c2ccccc2C(=O)N2CCc3c(n(CC(=O)NC4CCCCC4)c4ccccc34)[C@H]21. The van der Waals surface area contributed by atoms with Gasteiger partial charge in [0.1, 0.15) is 12.7 Å². The molecule has 1 aromatic heterocycles. The van der Waals surface area contributed by atoms with Crippen molar-refractivity contribution in [3.05, 3.63) is 65.4 Å². The highest BCUT2D eigenvalue weighted by Crippen LogP contribution is 2.44. The van der Waals surface area contributed by atoms with Gasteiger partial charge in [0.25, 0.3) is 5.91 Å². The lowest BCUT2D eigenvalue weighted by Gasteiger charge is -2.46. The van der Waals surface area contributed by atoms with E-state index in [1.165, 1.54) is 30.2 Å². The zero-order chi connectivity index (χ0) is 22.5. The van der Waals surface area contributed by atoms with E-state index in [1.54, 1.807) is 0 Å². The number of para-hydroxylation sites is 2. The fourth-order valence-corrected chi connectivity index (χ4v) is 6.14. The molecule has 0 bridgehead atoms. The molecule has 3 heterocycles. The van der Waals surface area contributed by atoms with Crippen LogP contribution in [-0.2, 0) is 17.8 Å². The molecule has 1 atom stereocenters. The number of hydrogen-bond donors (Lipinski definition) is 1. The van der Waals surface area contributed by atoms with E-state index in [1.807, 2.05) is 35.2 Å². The molecule has 170 valence electrons. The topological polar surface area (TPSA) is 57.6 Å². The van der Waals surface area contributed by atoms with E-state index < -0.39 is 0 Å². The van der Waals surface area contributed by atoms with Crippen LogP contribution in [0.15, 0.2) is 48.5 Å². The van der Waals surface area contributed by atoms with Crippen LogP contribution in [0.3, 0.4) is 0 Å². The van der Waals surface area contributed by atoms with Gasteiger partial charge in [0.05, 0.1) is 16.9 Å². The first-order chi connectivity index (χ1) is 16.1. The lowest BCUT2D eigenvalue weighted by molar-refractivity contribution is -0.122. The van der Waals surface area contributed by atoms with Crippen molar-refractivity contribution < 1.29 is 9.59 Å². The van der Waals surface area contributed by atoms with Crippen molar-refractivity contribution in [1.82, 2.24) is 14.8 Å². The van der Waals surface area contributed by atoms with E-state index in [0.717, 1.165) is 41.7 Å². The molecule has 33 heavy (non-hydrogen) atoms. The second-order valence-corrected chi connectivity index (χ2v) is 9.62. The molecular weight excluding hydrogens is 412 g/mol. The lowest BCUT2D eigenvalue weighted by atomic mass is 9.95. The number of nitrogens with zero attached hydrogens (tertiary/aromatic N) is 3. The second-order valence-electron chi connectivity index (χ2n) is 9.62. The number of rotatable bonds is 3. The highest BCUT2D eigenvalue weighted by molar-refractivity contribution is 6.02. The first kappa shape index (κ1) is 20.3. The van der Waals surface area contributed by atoms with Gasteiger partial charge in [-0.05, 0) is 43.0 Å². The van der Waals surface area contributed by atoms with Crippen molar-refractivity contribution in [2.45, 2.75) is 57.3 Å². The van der Waals surface area contributed by atoms with Crippen LogP contribution < -0.4 is 10.2 Å². The molecule has 6 nitrogen and oxygen atoms in total. The average molecular weight is 443 g/mol. The van der Waals surface area contributed by atoms with Crippen LogP contribution in [0.2, 0.25) is 0 Å². The van der Waals surface area contributed by atoms with E-state index in [0.29, 0.717) is 6.54 Å². The van der Waals surface area contributed by atoms with E-state index in [9.17, 15) is 9.59 Å². The summed E-state index contributed by atoms with van der Waals surface area (Å²) in [7, 11) is 2.06. The number of carbonyl (C=O) groups is 2. The minimum absolute atomic E-state index is 0.0627. The fraction of sp³-hybridized carbons (Fsp3) is 0.407. The number of hydrogen-bond acceptors (Lipinski definition) is 3. The van der Waals surface area contributed by atoms with Crippen LogP contribution in [0.25, 0.3) is 10.9 Å². The van der Waals surface area contributed by atoms with Crippen molar-refractivity contribution in [3.63, 3.8) is 0 Å². The van der Waals surface area contributed by atoms with Crippen LogP contribution in [0.4, 0.5) is 5.69 Å². The maximum absolute atomic E-state index is 13.4. The van der Waals surface area contributed by atoms with Crippen molar-refractivity contribution in [1.29, 1.82) is 0 Å². The van der Waals surface area contributed by atoms with E-state index >= 15 is 0 Å². The standard InChI is InChI=1S/C27H30N4O2/c1-29-22-13-7-6-12-21(22)27(33)30-16-15-20-19-11-5-8-14-23(19)31(25(20)26(29)30)17-24(32)28-18-9-3-2-4-10-18/h5-8,11-14,18,26H,2-4,9-10,15-17H2,1H3,(H,28,32)/t26-/m0/s1. The summed E-state index contributed by atoms with van der Waals surface area (Å²) < 4.78 is 2.16. The van der Waals surface area contributed by atoms with Gasteiger partial charge in [-0.15, -0.1) is 0 Å². The minimum atomic E-state index is -0.217. The Morgan fingerprint density at radius 2 is 1.79 bits per heavy atom. The summed E-state index contributed by atoms with van der Waals surface area (Å²) in [5.41, 5.74) is 5.10. The largest absolute Gasteiger partial charge is 0.352 e. The maximum Gasteiger partial charge on any atom is 0.257 e. The Balaban J connectivity index is 1.44. The van der Waals surface area contributed by atoms with E-state index in [-0.39, 0.29) is 30.6 Å². The van der Waals surface area contributed by atoms with Crippen LogP contribution >= 0.6 is 0 Å². The summed E-state index contributed by atoms with van der Waals surface area (Å²) in [6.07, 6.45) is 6.37. The number of aromatic nitrogens is 1. The molecule has 1 saturated carbocycles. The third-order valence-corrected chi connectivity index (χ3v) is 7.68. The van der Waals surface area contributed by atoms with Gasteiger partial charge >= 0.3 is 0 Å². The third kappa shape index (κ3) is 3.23. The molecule has 2 aromatic carbocycles. The predicted octanol–water partition coefficient (Wildman–Crippen LogP) is 4.24. The number of benzene rings is 2. The van der Waals surface area contributed by atoms with Gasteiger partial charge in [0, 0.05) is 30.5 Å². The molecule has 0 radical (unpaired) electrons. The maximum atomic E-state index is 13.4. The molecule has 2 aliphatic heterocycles. The zero-order valence-corrected chi connectivity index (χ0v) is 19.1. The summed E-state index contributed by atoms with van der Waals surface area (Å²) in [4.78, 5) is 30.8. The lowest BCUT2D eigenvalue weighted by Crippen LogP contribution is -2.51. The number of anilines is 1. The Labute approximate surface area is 194 Å². The predicted molar refractivity (Wildman–Crippen MR) is 129 cm³/mol. The quantitative estimate of drug-likeness (QED) is 0.660. The summed E-state index contributed by atoms with van der Waals surface area (Å²) in [6, 6.07) is 16.5. The van der Waals surface area contributed by atoms with Crippen LogP contribution in [0, 0.1) is 0 Å². The van der Waals surface area contributed by atoms with Gasteiger partial charge in [-0.1, -0.05) is 49.6 Å². The molecular formula is C27H30N4O2. The van der Waals surface area contributed by atoms with Gasteiger partial charge < -0.3 is 19.7 Å². The molecule has 2 amide bonds. The summed E-state index contributed by atoms with van der Waals surface area (Å²) in [6.45, 7) is 0.956. The van der Waals surface area contributed by atoms with Crippen molar-refractivity contribution in [2.75, 3.05) is 18.5 Å². The second kappa shape index (κ2) is 7.94. The fourth-order valence-electron chi connectivity index (χ4n) is 6.14. The smallest absolute Gasteiger partial charge is 0.257 e. The van der Waals surface area contributed by atoms with E-state index in [4.69, 9.17) is 0 Å². The average Bonchev–Trinajstić information content (AvgIpc) is 3.16. The molecule has 3 aliphatic rings. The van der Waals surface area contributed by atoms with Crippen LogP contribution in [-0.4, -0.2) is 40.9 Å². The molecule has 3 aromatic rings. The molecule has 6 rings (SSSR count). The molecule has 1 aliphatic carbocycles. The first-order valence-corrected chi connectivity index (χ1v) is 12.2. The van der Waals surface area contributed by atoms with Gasteiger partial charge in [0.2, 0.25) is 5.91 Å². The highest BCUT2D eigenvalue weighted by Gasteiger charge is 2.42. The molecule has 1 N–H and O–H groups in total. The monoisotopic (exact) mass is 442 g/mol. The Bertz CT molecular complexity index is 1240. The van der Waals surface area contributed by atoms with Gasteiger partial charge in [-0.2, -0.15) is 0 Å². The summed E-state index contributed by atoms with van der Waals surface area (Å²) in [5, 5.41) is 4.47. The number of fused-ring (bicyclic) bond motifs is 6. The van der Waals surface area contributed by atoms with Crippen LogP contribution in [0.5, 0.6) is 0 Å². The highest BCUT2D eigenvalue weighted by atomic mass is 16.2.